The number of ether oxygens (including phenoxy) is 2. The number of aromatic nitrogens is 2. The molecule has 1 aromatic heterocycles. The van der Waals surface area contributed by atoms with Gasteiger partial charge >= 0.3 is 0 Å². The van der Waals surface area contributed by atoms with Crippen molar-refractivity contribution in [3.63, 3.8) is 0 Å². The van der Waals surface area contributed by atoms with Crippen molar-refractivity contribution in [1.29, 1.82) is 5.41 Å². The highest BCUT2D eigenvalue weighted by atomic mass is 79.9. The first-order valence-electron chi connectivity index (χ1n) is 10.5. The van der Waals surface area contributed by atoms with Crippen molar-refractivity contribution in [3.05, 3.63) is 73.0 Å². The second-order valence-electron chi connectivity index (χ2n) is 7.21. The Hall–Kier alpha value is -2.49. The Balaban J connectivity index is 1.53. The molecule has 1 N–H and O–H groups in total. The molecule has 0 amide bonds. The van der Waals surface area contributed by atoms with Gasteiger partial charge in [0.1, 0.15) is 22.5 Å². The maximum atomic E-state index is 13.0. The smallest absolute Gasteiger partial charge is 0.186 e. The number of allylic oxidation sites excluding steroid dienone is 1. The van der Waals surface area contributed by atoms with Gasteiger partial charge in [0.2, 0.25) is 0 Å². The summed E-state index contributed by atoms with van der Waals surface area (Å²) in [6.45, 7) is 4.82. The van der Waals surface area contributed by atoms with Gasteiger partial charge in [-0.15, -0.1) is 21.5 Å². The molecule has 2 aromatic carbocycles. The number of hydrogen-bond acceptors (Lipinski definition) is 8. The third-order valence-corrected chi connectivity index (χ3v) is 7.55. The van der Waals surface area contributed by atoms with Crippen LogP contribution in [0.4, 0.5) is 0 Å². The topological polar surface area (TPSA) is 85.2 Å². The van der Waals surface area contributed by atoms with Crippen LogP contribution in [-0.4, -0.2) is 27.6 Å². The summed E-state index contributed by atoms with van der Waals surface area (Å²) < 4.78 is 12.8. The van der Waals surface area contributed by atoms with E-state index in [4.69, 9.17) is 14.9 Å². The number of carbonyl (C=O) groups is 1. The van der Waals surface area contributed by atoms with Gasteiger partial charge in [0.25, 0.3) is 0 Å². The lowest BCUT2D eigenvalue weighted by Crippen LogP contribution is -2.11. The van der Waals surface area contributed by atoms with Crippen LogP contribution in [0.5, 0.6) is 11.5 Å². The molecule has 0 unspecified atom stereocenters. The molecule has 1 aliphatic heterocycles. The Kier molecular flexibility index (Phi) is 7.62. The van der Waals surface area contributed by atoms with Gasteiger partial charge in [-0.3, -0.25) is 10.2 Å². The summed E-state index contributed by atoms with van der Waals surface area (Å²) in [6.07, 6.45) is 2.56. The number of rotatable bonds is 8. The minimum Gasteiger partial charge on any atom is -0.490 e. The second kappa shape index (κ2) is 10.6. The number of hydrogen-bond donors (Lipinski definition) is 1. The highest BCUT2D eigenvalue weighted by Crippen LogP contribution is 2.42. The molecule has 9 heteroatoms. The molecule has 1 atom stereocenters. The average Bonchev–Trinajstić information content (AvgIpc) is 3.38. The minimum atomic E-state index is -0.654. The molecule has 1 saturated heterocycles. The zero-order chi connectivity index (χ0) is 23.4. The number of nitrogens with one attached hydrogen (secondary N) is 1. The fourth-order valence-corrected chi connectivity index (χ4v) is 5.45. The molecule has 0 saturated carbocycles. The molecule has 0 spiro atoms. The number of nitrogens with zero attached hydrogens (tertiary/aromatic N) is 2. The normalized spacial score (nSPS) is 17.1. The van der Waals surface area contributed by atoms with E-state index in [2.05, 4.69) is 26.1 Å². The summed E-state index contributed by atoms with van der Waals surface area (Å²) in [5.74, 6) is 0.484. The third kappa shape index (κ3) is 5.54. The lowest BCUT2D eigenvalue weighted by atomic mass is 10.1. The van der Waals surface area contributed by atoms with Crippen LogP contribution in [0.25, 0.3) is 6.08 Å². The van der Waals surface area contributed by atoms with E-state index < -0.39 is 5.92 Å². The maximum absolute atomic E-state index is 13.0. The number of thioether (sulfide) groups is 1. The van der Waals surface area contributed by atoms with Crippen molar-refractivity contribution in [2.24, 2.45) is 0 Å². The minimum absolute atomic E-state index is 0.114. The Morgan fingerprint density at radius 2 is 1.88 bits per heavy atom. The number of aryl methyl sites for hydroxylation is 1. The SMILES string of the molecule is CCOc1cc(/C=C2\SC(=N)[C@H](c3nnc(CC)s3)C2=O)ccc1OCc1ccc(Br)cc1. The van der Waals surface area contributed by atoms with E-state index in [9.17, 15) is 4.79 Å². The highest BCUT2D eigenvalue weighted by Gasteiger charge is 2.39. The molecule has 2 heterocycles. The molecular formula is C24H22BrN3O3S2. The summed E-state index contributed by atoms with van der Waals surface area (Å²) in [6, 6.07) is 13.5. The van der Waals surface area contributed by atoms with Crippen molar-refractivity contribution in [1.82, 2.24) is 10.2 Å². The highest BCUT2D eigenvalue weighted by molar-refractivity contribution is 9.10. The number of ketones is 1. The quantitative estimate of drug-likeness (QED) is 0.337. The summed E-state index contributed by atoms with van der Waals surface area (Å²) in [7, 11) is 0. The van der Waals surface area contributed by atoms with Crippen molar-refractivity contribution in [2.75, 3.05) is 6.61 Å². The molecular weight excluding hydrogens is 522 g/mol. The van der Waals surface area contributed by atoms with E-state index in [1.54, 1.807) is 6.08 Å². The molecule has 3 aromatic rings. The van der Waals surface area contributed by atoms with Crippen LogP contribution in [0.15, 0.2) is 51.8 Å². The Labute approximate surface area is 209 Å². The fourth-order valence-electron chi connectivity index (χ4n) is 3.24. The molecule has 0 radical (unpaired) electrons. The first-order valence-corrected chi connectivity index (χ1v) is 12.9. The van der Waals surface area contributed by atoms with Crippen LogP contribution in [0.2, 0.25) is 0 Å². The number of benzene rings is 2. The molecule has 0 aliphatic carbocycles. The summed E-state index contributed by atoms with van der Waals surface area (Å²) in [5.41, 5.74) is 1.86. The average molecular weight is 544 g/mol. The van der Waals surface area contributed by atoms with Gasteiger partial charge in [-0.2, -0.15) is 0 Å². The Bertz CT molecular complexity index is 1210. The lowest BCUT2D eigenvalue weighted by molar-refractivity contribution is -0.114. The van der Waals surface area contributed by atoms with Gasteiger partial charge in [0.15, 0.2) is 17.3 Å². The van der Waals surface area contributed by atoms with Crippen LogP contribution >= 0.6 is 39.0 Å². The van der Waals surface area contributed by atoms with Gasteiger partial charge in [-0.25, -0.2) is 0 Å². The van der Waals surface area contributed by atoms with Gasteiger partial charge < -0.3 is 9.47 Å². The Morgan fingerprint density at radius 1 is 1.09 bits per heavy atom. The summed E-state index contributed by atoms with van der Waals surface area (Å²) in [4.78, 5) is 13.5. The number of carbonyl (C=O) groups excluding carboxylic acids is 1. The van der Waals surface area contributed by atoms with E-state index >= 15 is 0 Å². The largest absolute Gasteiger partial charge is 0.490 e. The molecule has 0 bridgehead atoms. The number of halogens is 1. The van der Waals surface area contributed by atoms with Crippen LogP contribution in [0, 0.1) is 5.41 Å². The first-order chi connectivity index (χ1) is 16.0. The molecule has 33 heavy (non-hydrogen) atoms. The molecule has 1 fully saturated rings. The van der Waals surface area contributed by atoms with E-state index in [1.165, 1.54) is 23.1 Å². The van der Waals surface area contributed by atoms with E-state index in [0.29, 0.717) is 34.6 Å². The van der Waals surface area contributed by atoms with E-state index in [1.807, 2.05) is 56.3 Å². The van der Waals surface area contributed by atoms with Gasteiger partial charge in [0, 0.05) is 4.47 Å². The predicted octanol–water partition coefficient (Wildman–Crippen LogP) is 6.26. The van der Waals surface area contributed by atoms with Crippen molar-refractivity contribution in [2.45, 2.75) is 32.8 Å². The van der Waals surface area contributed by atoms with Crippen LogP contribution in [0.3, 0.4) is 0 Å². The van der Waals surface area contributed by atoms with Gasteiger partial charge in [-0.05, 0) is 54.8 Å². The summed E-state index contributed by atoms with van der Waals surface area (Å²) >= 11 is 6.01. The predicted molar refractivity (Wildman–Crippen MR) is 136 cm³/mol. The van der Waals surface area contributed by atoms with Crippen LogP contribution in [-0.2, 0) is 17.8 Å². The first kappa shape index (κ1) is 23.7. The van der Waals surface area contributed by atoms with Crippen molar-refractivity contribution >= 4 is 55.9 Å². The third-order valence-electron chi connectivity index (χ3n) is 4.89. The molecule has 170 valence electrons. The fraction of sp³-hybridized carbons (Fsp3) is 0.250. The van der Waals surface area contributed by atoms with Crippen molar-refractivity contribution < 1.29 is 14.3 Å². The van der Waals surface area contributed by atoms with Crippen LogP contribution in [0.1, 0.15) is 40.9 Å². The zero-order valence-corrected chi connectivity index (χ0v) is 21.4. The van der Waals surface area contributed by atoms with Crippen molar-refractivity contribution in [3.8, 4) is 11.5 Å². The summed E-state index contributed by atoms with van der Waals surface area (Å²) in [5, 5.41) is 18.3. The van der Waals surface area contributed by atoms with Crippen LogP contribution < -0.4 is 9.47 Å². The maximum Gasteiger partial charge on any atom is 0.186 e. The number of Topliss-reactive ketones (excluding diaryl/α,β-unsaturated/α-hetero) is 1. The van der Waals surface area contributed by atoms with Gasteiger partial charge in [0.05, 0.1) is 16.6 Å². The molecule has 6 nitrogen and oxygen atoms in total. The lowest BCUT2D eigenvalue weighted by Gasteiger charge is -2.13. The monoisotopic (exact) mass is 543 g/mol. The molecule has 1 aliphatic rings. The Morgan fingerprint density at radius 3 is 2.58 bits per heavy atom. The van der Waals surface area contributed by atoms with E-state index in [0.717, 1.165) is 27.0 Å². The second-order valence-corrected chi connectivity index (χ2v) is 10.3. The standard InChI is InChI=1S/C24H22BrN3O3S2/c1-3-20-27-28-24(33-20)21-22(29)19(32-23(21)26)12-15-7-10-17(18(11-15)30-4-2)31-13-14-5-8-16(25)9-6-14/h5-12,21,26H,3-4,13H2,1-2H3/b19-12-,26-23?/t21-/m1/s1. The van der Waals surface area contributed by atoms with Gasteiger partial charge in [-0.1, -0.05) is 52.8 Å². The van der Waals surface area contributed by atoms with E-state index in [-0.39, 0.29) is 10.8 Å². The zero-order valence-electron chi connectivity index (χ0n) is 18.1. The molecule has 4 rings (SSSR count).